The van der Waals surface area contributed by atoms with E-state index in [0.29, 0.717) is 18.5 Å². The van der Waals surface area contributed by atoms with Crippen LogP contribution >= 0.6 is 24.0 Å². The number of aliphatic imine (C=N–C) groups is 1. The highest BCUT2D eigenvalue weighted by atomic mass is 127. The second-order valence-corrected chi connectivity index (χ2v) is 5.79. The maximum absolute atomic E-state index is 5.97. The van der Waals surface area contributed by atoms with E-state index in [2.05, 4.69) is 32.4 Å². The van der Waals surface area contributed by atoms with Crippen LogP contribution in [-0.2, 0) is 6.54 Å². The molecule has 0 saturated heterocycles. The lowest BCUT2D eigenvalue weighted by Crippen LogP contribution is -2.41. The van der Waals surface area contributed by atoms with Crippen molar-refractivity contribution in [2.24, 2.45) is 10.7 Å². The molecule has 23 heavy (non-hydrogen) atoms. The van der Waals surface area contributed by atoms with Gasteiger partial charge in [0.1, 0.15) is 12.4 Å². The largest absolute Gasteiger partial charge is 0.370 e. The lowest BCUT2D eigenvalue weighted by Gasteiger charge is -2.23. The van der Waals surface area contributed by atoms with Gasteiger partial charge in [0.05, 0.1) is 11.9 Å². The molecule has 1 aliphatic rings. The van der Waals surface area contributed by atoms with E-state index in [0.717, 1.165) is 17.1 Å². The molecule has 0 aliphatic heterocycles. The first kappa shape index (κ1) is 17.8. The molecule has 1 aromatic heterocycles. The Morgan fingerprint density at radius 3 is 2.70 bits per heavy atom. The molecule has 0 unspecified atom stereocenters. The minimum atomic E-state index is 0. The van der Waals surface area contributed by atoms with Crippen LogP contribution in [0.2, 0.25) is 0 Å². The number of aromatic amines is 1. The van der Waals surface area contributed by atoms with Gasteiger partial charge in [0, 0.05) is 6.04 Å². The fourth-order valence-electron chi connectivity index (χ4n) is 2.87. The van der Waals surface area contributed by atoms with Crippen LogP contribution in [-0.4, -0.2) is 22.0 Å². The first-order valence-electron chi connectivity index (χ1n) is 7.97. The quantitative estimate of drug-likeness (QED) is 0.399. The molecule has 1 aliphatic carbocycles. The zero-order chi connectivity index (χ0) is 15.2. The summed E-state index contributed by atoms with van der Waals surface area (Å²) in [5, 5.41) is 3.31. The monoisotopic (exact) mass is 425 g/mol. The molecular formula is C17H24IN5. The number of hydrogen-bond donors (Lipinski definition) is 3. The van der Waals surface area contributed by atoms with Crippen molar-refractivity contribution < 1.29 is 0 Å². The first-order valence-corrected chi connectivity index (χ1v) is 7.97. The molecule has 0 bridgehead atoms. The van der Waals surface area contributed by atoms with Crippen LogP contribution in [0.5, 0.6) is 0 Å². The van der Waals surface area contributed by atoms with Gasteiger partial charge in [0.2, 0.25) is 0 Å². The van der Waals surface area contributed by atoms with E-state index < -0.39 is 0 Å². The molecule has 3 rings (SSSR count). The summed E-state index contributed by atoms with van der Waals surface area (Å²) in [5.41, 5.74) is 8.10. The second kappa shape index (κ2) is 8.90. The zero-order valence-electron chi connectivity index (χ0n) is 13.2. The third-order valence-corrected chi connectivity index (χ3v) is 4.07. The Labute approximate surface area is 154 Å². The topological polar surface area (TPSA) is 79.1 Å². The van der Waals surface area contributed by atoms with Gasteiger partial charge in [-0.15, -0.1) is 24.0 Å². The lowest BCUT2D eigenvalue weighted by atomic mass is 9.96. The van der Waals surface area contributed by atoms with Gasteiger partial charge in [-0.25, -0.2) is 9.98 Å². The predicted molar refractivity (Wildman–Crippen MR) is 105 cm³/mol. The number of imidazole rings is 1. The van der Waals surface area contributed by atoms with Crippen molar-refractivity contribution in [3.05, 3.63) is 42.4 Å². The van der Waals surface area contributed by atoms with Crippen molar-refractivity contribution in [3.63, 3.8) is 0 Å². The number of nitrogens with two attached hydrogens (primary N) is 1. The van der Waals surface area contributed by atoms with E-state index in [1.54, 1.807) is 0 Å². The molecule has 0 spiro atoms. The van der Waals surface area contributed by atoms with Crippen LogP contribution in [0, 0.1) is 0 Å². The van der Waals surface area contributed by atoms with E-state index >= 15 is 0 Å². The van der Waals surface area contributed by atoms with Crippen molar-refractivity contribution in [2.45, 2.75) is 44.7 Å². The van der Waals surface area contributed by atoms with Crippen LogP contribution in [0.25, 0.3) is 11.3 Å². The summed E-state index contributed by atoms with van der Waals surface area (Å²) in [6, 6.07) is 10.6. The second-order valence-electron chi connectivity index (χ2n) is 5.79. The van der Waals surface area contributed by atoms with Gasteiger partial charge in [0.25, 0.3) is 0 Å². The molecule has 0 amide bonds. The fraction of sp³-hybridized carbons (Fsp3) is 0.412. The van der Waals surface area contributed by atoms with Crippen molar-refractivity contribution in [1.29, 1.82) is 0 Å². The molecule has 1 aromatic carbocycles. The minimum absolute atomic E-state index is 0. The third kappa shape index (κ3) is 5.23. The average molecular weight is 425 g/mol. The van der Waals surface area contributed by atoms with Gasteiger partial charge in [-0.3, -0.25) is 0 Å². The highest BCUT2D eigenvalue weighted by Gasteiger charge is 2.13. The van der Waals surface area contributed by atoms with E-state index in [1.165, 1.54) is 32.1 Å². The molecule has 5 nitrogen and oxygen atoms in total. The summed E-state index contributed by atoms with van der Waals surface area (Å²) < 4.78 is 0. The van der Waals surface area contributed by atoms with Crippen LogP contribution in [0.1, 0.15) is 37.9 Å². The summed E-state index contributed by atoms with van der Waals surface area (Å²) in [6.45, 7) is 0.471. The minimum Gasteiger partial charge on any atom is -0.370 e. The van der Waals surface area contributed by atoms with E-state index in [-0.39, 0.29) is 24.0 Å². The Balaban J connectivity index is 0.00000192. The molecule has 2 aromatic rings. The van der Waals surface area contributed by atoms with Gasteiger partial charge >= 0.3 is 0 Å². The van der Waals surface area contributed by atoms with Gasteiger partial charge in [-0.1, -0.05) is 49.6 Å². The number of guanidine groups is 1. The summed E-state index contributed by atoms with van der Waals surface area (Å²) in [6.07, 6.45) is 8.12. The third-order valence-electron chi connectivity index (χ3n) is 4.07. The van der Waals surface area contributed by atoms with Crippen LogP contribution in [0.3, 0.4) is 0 Å². The summed E-state index contributed by atoms with van der Waals surface area (Å²) in [5.74, 6) is 1.34. The van der Waals surface area contributed by atoms with Crippen LogP contribution in [0.4, 0.5) is 0 Å². The molecule has 1 fully saturated rings. The molecule has 124 valence electrons. The number of nitrogens with one attached hydrogen (secondary N) is 2. The Morgan fingerprint density at radius 2 is 1.96 bits per heavy atom. The van der Waals surface area contributed by atoms with Gasteiger partial charge in [0.15, 0.2) is 5.96 Å². The molecule has 0 atom stereocenters. The van der Waals surface area contributed by atoms with E-state index in [1.807, 2.05) is 24.4 Å². The zero-order valence-corrected chi connectivity index (χ0v) is 15.5. The number of H-pyrrole nitrogens is 1. The summed E-state index contributed by atoms with van der Waals surface area (Å²) in [4.78, 5) is 12.0. The van der Waals surface area contributed by atoms with Gasteiger partial charge < -0.3 is 16.0 Å². The number of nitrogens with zero attached hydrogens (tertiary/aromatic N) is 2. The van der Waals surface area contributed by atoms with Crippen molar-refractivity contribution in [1.82, 2.24) is 15.3 Å². The number of hydrogen-bond acceptors (Lipinski definition) is 2. The Kier molecular flexibility index (Phi) is 6.88. The Hall–Kier alpha value is -1.57. The van der Waals surface area contributed by atoms with Gasteiger partial charge in [-0.05, 0) is 18.4 Å². The molecular weight excluding hydrogens is 401 g/mol. The van der Waals surface area contributed by atoms with Crippen molar-refractivity contribution >= 4 is 29.9 Å². The summed E-state index contributed by atoms with van der Waals surface area (Å²) >= 11 is 0. The maximum Gasteiger partial charge on any atom is 0.189 e. The van der Waals surface area contributed by atoms with Gasteiger partial charge in [-0.2, -0.15) is 0 Å². The first-order chi connectivity index (χ1) is 10.8. The average Bonchev–Trinajstić information content (AvgIpc) is 3.04. The molecule has 0 radical (unpaired) electrons. The normalized spacial score (nSPS) is 15.9. The standard InChI is InChI=1S/C17H23N5.HI/c18-17(21-14-9-5-2-6-10-14)20-12-16-19-11-15(22-16)13-7-3-1-4-8-13;/h1,3-4,7-8,11,14H,2,5-6,9-10,12H2,(H,19,22)(H3,18,20,21);1H. The SMILES string of the molecule is I.NC(=NCc1ncc(-c2ccccc2)[nH]1)NC1CCCCC1. The summed E-state index contributed by atoms with van der Waals surface area (Å²) in [7, 11) is 0. The van der Waals surface area contributed by atoms with Crippen LogP contribution in [0.15, 0.2) is 41.5 Å². The Bertz CT molecular complexity index is 617. The van der Waals surface area contributed by atoms with E-state index in [4.69, 9.17) is 5.73 Å². The number of aromatic nitrogens is 2. The number of benzene rings is 1. The Morgan fingerprint density at radius 1 is 1.22 bits per heavy atom. The number of rotatable bonds is 4. The predicted octanol–water partition coefficient (Wildman–Crippen LogP) is 3.43. The number of halogens is 1. The molecule has 1 heterocycles. The highest BCUT2D eigenvalue weighted by molar-refractivity contribution is 14.0. The van der Waals surface area contributed by atoms with Crippen molar-refractivity contribution in [2.75, 3.05) is 0 Å². The maximum atomic E-state index is 5.97. The fourth-order valence-corrected chi connectivity index (χ4v) is 2.87. The van der Waals surface area contributed by atoms with E-state index in [9.17, 15) is 0 Å². The van der Waals surface area contributed by atoms with Crippen LogP contribution < -0.4 is 11.1 Å². The molecule has 1 saturated carbocycles. The molecule has 6 heteroatoms. The van der Waals surface area contributed by atoms with Crippen molar-refractivity contribution in [3.8, 4) is 11.3 Å². The lowest BCUT2D eigenvalue weighted by molar-refractivity contribution is 0.412. The highest BCUT2D eigenvalue weighted by Crippen LogP contribution is 2.17. The molecule has 4 N–H and O–H groups in total. The smallest absolute Gasteiger partial charge is 0.189 e.